The van der Waals surface area contributed by atoms with E-state index in [1.165, 1.54) is 32.3 Å². The summed E-state index contributed by atoms with van der Waals surface area (Å²) in [5.74, 6) is 0.779. The third kappa shape index (κ3) is 4.42. The second kappa shape index (κ2) is 8.34. The highest BCUT2D eigenvalue weighted by molar-refractivity contribution is 7.89. The van der Waals surface area contributed by atoms with E-state index in [9.17, 15) is 13.2 Å². The van der Waals surface area contributed by atoms with Gasteiger partial charge in [-0.05, 0) is 68.1 Å². The van der Waals surface area contributed by atoms with Crippen molar-refractivity contribution < 1.29 is 17.9 Å². The summed E-state index contributed by atoms with van der Waals surface area (Å²) in [6.45, 7) is 2.01. The first-order valence-corrected chi connectivity index (χ1v) is 11.2. The molecule has 2 aromatic carbocycles. The topological polar surface area (TPSA) is 66.9 Å². The first-order chi connectivity index (χ1) is 13.7. The van der Waals surface area contributed by atoms with Crippen molar-refractivity contribution in [2.75, 3.05) is 26.1 Å². The molecule has 1 amide bonds. The number of anilines is 1. The van der Waals surface area contributed by atoms with E-state index in [0.29, 0.717) is 17.4 Å². The minimum atomic E-state index is -3.69. The molecule has 1 fully saturated rings. The fraction of sp³-hybridized carbons (Fsp3) is 0.381. The predicted molar refractivity (Wildman–Crippen MR) is 114 cm³/mol. The Labute approximate surface area is 177 Å². The molecule has 1 aliphatic rings. The van der Waals surface area contributed by atoms with Gasteiger partial charge in [0.05, 0.1) is 22.6 Å². The number of carbonyl (C=O) groups is 1. The summed E-state index contributed by atoms with van der Waals surface area (Å²) < 4.78 is 31.4. The molecule has 156 valence electrons. The zero-order valence-electron chi connectivity index (χ0n) is 16.9. The summed E-state index contributed by atoms with van der Waals surface area (Å²) in [5.41, 5.74) is 0.880. The maximum absolute atomic E-state index is 13.5. The summed E-state index contributed by atoms with van der Waals surface area (Å²) in [4.78, 5) is 15.3. The van der Waals surface area contributed by atoms with Gasteiger partial charge >= 0.3 is 0 Å². The molecule has 0 spiro atoms. The monoisotopic (exact) mass is 436 g/mol. The first-order valence-electron chi connectivity index (χ1n) is 9.36. The third-order valence-electron chi connectivity index (χ3n) is 5.23. The first kappa shape index (κ1) is 21.6. The molecule has 0 aliphatic heterocycles. The molecular weight excluding hydrogens is 412 g/mol. The molecule has 2 aromatic rings. The fourth-order valence-corrected chi connectivity index (χ4v) is 4.37. The van der Waals surface area contributed by atoms with Crippen molar-refractivity contribution in [1.82, 2.24) is 4.31 Å². The number of hydrogen-bond acceptors (Lipinski definition) is 4. The molecular formula is C21H25ClN2O4S. The molecule has 8 heteroatoms. The van der Waals surface area contributed by atoms with Crippen LogP contribution >= 0.6 is 11.6 Å². The van der Waals surface area contributed by atoms with Crippen molar-refractivity contribution in [1.29, 1.82) is 0 Å². The van der Waals surface area contributed by atoms with Gasteiger partial charge in [-0.15, -0.1) is 0 Å². The van der Waals surface area contributed by atoms with Crippen molar-refractivity contribution in [3.63, 3.8) is 0 Å². The van der Waals surface area contributed by atoms with Gasteiger partial charge in [0.25, 0.3) is 5.91 Å². The van der Waals surface area contributed by atoms with Gasteiger partial charge in [0.15, 0.2) is 0 Å². The van der Waals surface area contributed by atoms with E-state index >= 15 is 0 Å². The van der Waals surface area contributed by atoms with Crippen LogP contribution in [-0.2, 0) is 10.0 Å². The molecule has 0 saturated heterocycles. The Bertz CT molecular complexity index is 1000. The van der Waals surface area contributed by atoms with Crippen molar-refractivity contribution >= 4 is 33.2 Å². The molecule has 0 heterocycles. The lowest BCUT2D eigenvalue weighted by molar-refractivity contribution is 0.0975. The Morgan fingerprint density at radius 3 is 2.28 bits per heavy atom. The summed E-state index contributed by atoms with van der Waals surface area (Å²) in [6.07, 6.45) is 2.12. The molecule has 29 heavy (non-hydrogen) atoms. The van der Waals surface area contributed by atoms with Crippen LogP contribution in [0.5, 0.6) is 5.75 Å². The molecule has 6 nitrogen and oxygen atoms in total. The summed E-state index contributed by atoms with van der Waals surface area (Å²) in [5, 5.41) is 0.217. The Morgan fingerprint density at radius 1 is 1.14 bits per heavy atom. The van der Waals surface area contributed by atoms with Crippen molar-refractivity contribution in [2.45, 2.75) is 30.7 Å². The van der Waals surface area contributed by atoms with E-state index in [4.69, 9.17) is 16.3 Å². The zero-order chi connectivity index (χ0) is 21.3. The lowest BCUT2D eigenvalue weighted by Gasteiger charge is -2.30. The van der Waals surface area contributed by atoms with Gasteiger partial charge in [-0.25, -0.2) is 12.7 Å². The van der Waals surface area contributed by atoms with Crippen LogP contribution in [0.3, 0.4) is 0 Å². The van der Waals surface area contributed by atoms with Gasteiger partial charge in [-0.1, -0.05) is 11.6 Å². The average Bonchev–Trinajstić information content (AvgIpc) is 3.54. The van der Waals surface area contributed by atoms with Crippen LogP contribution in [0.1, 0.15) is 30.1 Å². The van der Waals surface area contributed by atoms with E-state index < -0.39 is 10.0 Å². The molecule has 0 bridgehead atoms. The molecule has 0 radical (unpaired) electrons. The van der Waals surface area contributed by atoms with Gasteiger partial charge in [0, 0.05) is 25.8 Å². The Morgan fingerprint density at radius 2 is 1.76 bits per heavy atom. The Kier molecular flexibility index (Phi) is 6.22. The molecule has 1 saturated carbocycles. The standard InChI is InChI=1S/C21H25ClN2O4S/c1-14(15-5-6-15)24(16-7-9-17(28-4)10-8-16)21(25)19-13-18(11-12-20(19)22)29(26,27)23(2)3/h7-15H,5-6H2,1-4H3. The smallest absolute Gasteiger partial charge is 0.260 e. The van der Waals surface area contributed by atoms with E-state index in [2.05, 4.69) is 0 Å². The number of rotatable bonds is 7. The van der Waals surface area contributed by atoms with Crippen molar-refractivity contribution in [2.24, 2.45) is 5.92 Å². The van der Waals surface area contributed by atoms with E-state index in [1.807, 2.05) is 19.1 Å². The number of methoxy groups -OCH3 is 1. The quantitative estimate of drug-likeness (QED) is 0.656. The van der Waals surface area contributed by atoms with Crippen LogP contribution in [0.2, 0.25) is 5.02 Å². The van der Waals surface area contributed by atoms with Gasteiger partial charge in [0.1, 0.15) is 5.75 Å². The predicted octanol–water partition coefficient (Wildman–Crippen LogP) is 4.04. The van der Waals surface area contributed by atoms with E-state index in [-0.39, 0.29) is 27.4 Å². The van der Waals surface area contributed by atoms with E-state index in [1.54, 1.807) is 24.1 Å². The second-order valence-corrected chi connectivity index (χ2v) is 9.94. The minimum Gasteiger partial charge on any atom is -0.497 e. The maximum atomic E-state index is 13.5. The Balaban J connectivity index is 2.05. The SMILES string of the molecule is COc1ccc(N(C(=O)c2cc(S(=O)(=O)N(C)C)ccc2Cl)C(C)C2CC2)cc1. The summed E-state index contributed by atoms with van der Waals surface area (Å²) >= 11 is 6.32. The largest absolute Gasteiger partial charge is 0.497 e. The van der Waals surface area contributed by atoms with Gasteiger partial charge in [-0.3, -0.25) is 4.79 Å². The third-order valence-corrected chi connectivity index (χ3v) is 7.37. The molecule has 0 aromatic heterocycles. The van der Waals surface area contributed by atoms with Crippen LogP contribution in [-0.4, -0.2) is 45.9 Å². The number of nitrogens with zero attached hydrogens (tertiary/aromatic N) is 2. The Hall–Kier alpha value is -2.09. The summed E-state index contributed by atoms with van der Waals surface area (Å²) in [6, 6.07) is 11.4. The highest BCUT2D eigenvalue weighted by Crippen LogP contribution is 2.38. The zero-order valence-corrected chi connectivity index (χ0v) is 18.5. The number of benzene rings is 2. The van der Waals surface area contributed by atoms with Gasteiger partial charge < -0.3 is 9.64 Å². The normalized spacial score (nSPS) is 15.2. The van der Waals surface area contributed by atoms with E-state index in [0.717, 1.165) is 17.1 Å². The van der Waals surface area contributed by atoms with Crippen LogP contribution < -0.4 is 9.64 Å². The van der Waals surface area contributed by atoms with Crippen LogP contribution in [0, 0.1) is 5.92 Å². The summed E-state index contributed by atoms with van der Waals surface area (Å²) in [7, 11) is 0.796. The van der Waals surface area contributed by atoms with Crippen LogP contribution in [0.25, 0.3) is 0 Å². The molecule has 1 aliphatic carbocycles. The highest BCUT2D eigenvalue weighted by Gasteiger charge is 2.36. The lowest BCUT2D eigenvalue weighted by Crippen LogP contribution is -2.40. The molecule has 3 rings (SSSR count). The van der Waals surface area contributed by atoms with Crippen LogP contribution in [0.15, 0.2) is 47.4 Å². The molecule has 1 atom stereocenters. The number of sulfonamides is 1. The lowest BCUT2D eigenvalue weighted by atomic mass is 10.1. The highest BCUT2D eigenvalue weighted by atomic mass is 35.5. The van der Waals surface area contributed by atoms with Gasteiger partial charge in [-0.2, -0.15) is 0 Å². The number of ether oxygens (including phenoxy) is 1. The van der Waals surface area contributed by atoms with Crippen molar-refractivity contribution in [3.05, 3.63) is 53.1 Å². The molecule has 1 unspecified atom stereocenters. The van der Waals surface area contributed by atoms with Gasteiger partial charge in [0.2, 0.25) is 10.0 Å². The maximum Gasteiger partial charge on any atom is 0.260 e. The number of hydrogen-bond donors (Lipinski definition) is 0. The average molecular weight is 437 g/mol. The number of carbonyl (C=O) groups excluding carboxylic acids is 1. The fourth-order valence-electron chi connectivity index (χ4n) is 3.24. The number of halogens is 1. The number of amides is 1. The van der Waals surface area contributed by atoms with Crippen LogP contribution in [0.4, 0.5) is 5.69 Å². The minimum absolute atomic E-state index is 0.0315. The van der Waals surface area contributed by atoms with Crippen molar-refractivity contribution in [3.8, 4) is 5.75 Å². The second-order valence-electron chi connectivity index (χ2n) is 7.38. The molecule has 0 N–H and O–H groups in total.